The van der Waals surface area contributed by atoms with Gasteiger partial charge in [-0.25, -0.2) is 0 Å². The van der Waals surface area contributed by atoms with E-state index in [2.05, 4.69) is 16.5 Å². The second kappa shape index (κ2) is 7.51. The second-order valence-corrected chi connectivity index (χ2v) is 6.54. The average molecular weight is 328 g/mol. The Labute approximate surface area is 140 Å². The molecule has 5 heteroatoms. The fourth-order valence-corrected chi connectivity index (χ4v) is 3.55. The Morgan fingerprint density at radius 3 is 2.65 bits per heavy atom. The normalized spacial score (nSPS) is 19.8. The molecule has 2 heterocycles. The van der Waals surface area contributed by atoms with Crippen LogP contribution in [0.15, 0.2) is 46.8 Å². The quantitative estimate of drug-likeness (QED) is 0.624. The van der Waals surface area contributed by atoms with Gasteiger partial charge in [0.2, 0.25) is 0 Å². The van der Waals surface area contributed by atoms with E-state index in [0.29, 0.717) is 11.5 Å². The Kier molecular flexibility index (Phi) is 5.18. The van der Waals surface area contributed by atoms with Gasteiger partial charge in [0.05, 0.1) is 4.91 Å². The molecule has 1 aromatic rings. The van der Waals surface area contributed by atoms with Crippen molar-refractivity contribution in [1.29, 1.82) is 0 Å². The molecule has 1 saturated heterocycles. The number of carbonyl (C=O) groups is 1. The Morgan fingerprint density at radius 2 is 1.96 bits per heavy atom. The number of ether oxygens (including phenoxy) is 1. The molecule has 2 aliphatic rings. The van der Waals surface area contributed by atoms with Crippen LogP contribution in [0.2, 0.25) is 0 Å². The first-order valence-corrected chi connectivity index (χ1v) is 8.69. The fraction of sp³-hybridized carbons (Fsp3) is 0.333. The summed E-state index contributed by atoms with van der Waals surface area (Å²) in [7, 11) is 0. The number of rotatable bonds is 4. The molecule has 1 fully saturated rings. The van der Waals surface area contributed by atoms with Crippen molar-refractivity contribution >= 4 is 28.9 Å². The first kappa shape index (κ1) is 15.9. The lowest BCUT2D eigenvalue weighted by atomic mass is 10.1. The summed E-state index contributed by atoms with van der Waals surface area (Å²) in [5.74, 6) is 0.658. The zero-order chi connectivity index (χ0) is 16.1. The van der Waals surface area contributed by atoms with Crippen LogP contribution in [0.5, 0.6) is 5.75 Å². The molecule has 0 atom stereocenters. The molecule has 3 rings (SSSR count). The van der Waals surface area contributed by atoms with Gasteiger partial charge in [0.15, 0.2) is 5.17 Å². The molecule has 0 aliphatic carbocycles. The predicted octanol–water partition coefficient (Wildman–Crippen LogP) is 3.71. The van der Waals surface area contributed by atoms with E-state index in [0.717, 1.165) is 29.6 Å². The molecule has 0 unspecified atom stereocenters. The predicted molar refractivity (Wildman–Crippen MR) is 95.6 cm³/mol. The standard InChI is InChI=1S/C18H20N2O2S/c1-2-12-22-15-8-6-14(7-9-15)13-16-17(21)19-18(23-16)20-10-4-3-5-11-20/h2,6-9,13H,1,3-5,10-12H2. The summed E-state index contributed by atoms with van der Waals surface area (Å²) in [6.45, 7) is 6.12. The van der Waals surface area contributed by atoms with Gasteiger partial charge >= 0.3 is 0 Å². The van der Waals surface area contributed by atoms with Crippen molar-refractivity contribution < 1.29 is 9.53 Å². The maximum Gasteiger partial charge on any atom is 0.286 e. The van der Waals surface area contributed by atoms with Gasteiger partial charge in [-0.2, -0.15) is 4.99 Å². The van der Waals surface area contributed by atoms with E-state index in [-0.39, 0.29) is 5.91 Å². The van der Waals surface area contributed by atoms with Crippen LogP contribution in [-0.2, 0) is 4.79 Å². The monoisotopic (exact) mass is 328 g/mol. The smallest absolute Gasteiger partial charge is 0.286 e. The molecule has 0 bridgehead atoms. The molecule has 4 nitrogen and oxygen atoms in total. The van der Waals surface area contributed by atoms with Crippen molar-refractivity contribution in [2.45, 2.75) is 19.3 Å². The molecule has 0 spiro atoms. The second-order valence-electron chi connectivity index (χ2n) is 5.53. The number of likely N-dealkylation sites (tertiary alicyclic amines) is 1. The van der Waals surface area contributed by atoms with Gasteiger partial charge in [-0.3, -0.25) is 4.79 Å². The van der Waals surface area contributed by atoms with Crippen molar-refractivity contribution in [2.24, 2.45) is 4.99 Å². The molecule has 1 amide bonds. The lowest BCUT2D eigenvalue weighted by molar-refractivity contribution is -0.113. The number of benzene rings is 1. The van der Waals surface area contributed by atoms with E-state index >= 15 is 0 Å². The van der Waals surface area contributed by atoms with Crippen LogP contribution in [0.4, 0.5) is 0 Å². The molecular formula is C18H20N2O2S. The summed E-state index contributed by atoms with van der Waals surface area (Å²) in [4.78, 5) is 19.2. The van der Waals surface area contributed by atoms with Crippen molar-refractivity contribution in [3.63, 3.8) is 0 Å². The van der Waals surface area contributed by atoms with Crippen LogP contribution < -0.4 is 4.74 Å². The molecular weight excluding hydrogens is 308 g/mol. The van der Waals surface area contributed by atoms with Gasteiger partial charge in [-0.15, -0.1) is 0 Å². The summed E-state index contributed by atoms with van der Waals surface area (Å²) in [5, 5.41) is 0.854. The topological polar surface area (TPSA) is 41.9 Å². The molecule has 120 valence electrons. The van der Waals surface area contributed by atoms with Crippen LogP contribution in [0.3, 0.4) is 0 Å². The largest absolute Gasteiger partial charge is 0.490 e. The van der Waals surface area contributed by atoms with Crippen molar-refractivity contribution in [3.05, 3.63) is 47.4 Å². The van der Waals surface area contributed by atoms with Gasteiger partial charge in [0.25, 0.3) is 5.91 Å². The summed E-state index contributed by atoms with van der Waals surface area (Å²) < 4.78 is 5.46. The molecule has 0 saturated carbocycles. The van der Waals surface area contributed by atoms with Crippen LogP contribution in [0, 0.1) is 0 Å². The number of amides is 1. The number of hydrogen-bond acceptors (Lipinski definition) is 4. The molecule has 0 aromatic heterocycles. The third kappa shape index (κ3) is 4.05. The minimum absolute atomic E-state index is 0.137. The van der Waals surface area contributed by atoms with Crippen LogP contribution in [-0.4, -0.2) is 35.7 Å². The number of nitrogens with zero attached hydrogens (tertiary/aromatic N) is 2. The first-order chi connectivity index (χ1) is 11.3. The maximum absolute atomic E-state index is 12.1. The SMILES string of the molecule is C=CCOc1ccc(C=C2SC(N3CCCCC3)=NC2=O)cc1. The van der Waals surface area contributed by atoms with Crippen LogP contribution in [0.25, 0.3) is 6.08 Å². The van der Waals surface area contributed by atoms with Crippen LogP contribution in [0.1, 0.15) is 24.8 Å². The molecule has 2 aliphatic heterocycles. The highest BCUT2D eigenvalue weighted by molar-refractivity contribution is 8.18. The highest BCUT2D eigenvalue weighted by Crippen LogP contribution is 2.31. The Morgan fingerprint density at radius 1 is 1.22 bits per heavy atom. The zero-order valence-electron chi connectivity index (χ0n) is 13.0. The Hall–Kier alpha value is -2.01. The van der Waals surface area contributed by atoms with E-state index in [1.807, 2.05) is 30.3 Å². The average Bonchev–Trinajstić information content (AvgIpc) is 2.96. The van der Waals surface area contributed by atoms with Crippen molar-refractivity contribution in [1.82, 2.24) is 4.90 Å². The molecule has 0 N–H and O–H groups in total. The summed E-state index contributed by atoms with van der Waals surface area (Å²) in [5.41, 5.74) is 0.974. The Balaban J connectivity index is 1.66. The third-order valence-corrected chi connectivity index (χ3v) is 4.83. The third-order valence-electron chi connectivity index (χ3n) is 3.78. The van der Waals surface area contributed by atoms with Gasteiger partial charge in [0, 0.05) is 13.1 Å². The Bertz CT molecular complexity index is 643. The minimum atomic E-state index is -0.137. The van der Waals surface area contributed by atoms with E-state index in [1.165, 1.54) is 31.0 Å². The van der Waals surface area contributed by atoms with Gasteiger partial charge in [-0.05, 0) is 54.8 Å². The molecule has 23 heavy (non-hydrogen) atoms. The highest BCUT2D eigenvalue weighted by atomic mass is 32.2. The number of amidine groups is 1. The van der Waals surface area contributed by atoms with Crippen LogP contribution >= 0.6 is 11.8 Å². The number of carbonyl (C=O) groups excluding carboxylic acids is 1. The van der Waals surface area contributed by atoms with E-state index in [1.54, 1.807) is 6.08 Å². The van der Waals surface area contributed by atoms with Crippen molar-refractivity contribution in [3.8, 4) is 5.75 Å². The summed E-state index contributed by atoms with van der Waals surface area (Å²) >= 11 is 1.48. The van der Waals surface area contributed by atoms with E-state index in [4.69, 9.17) is 4.74 Å². The highest BCUT2D eigenvalue weighted by Gasteiger charge is 2.26. The lowest BCUT2D eigenvalue weighted by Gasteiger charge is -2.27. The fourth-order valence-electron chi connectivity index (χ4n) is 2.59. The van der Waals surface area contributed by atoms with Gasteiger partial charge in [-0.1, -0.05) is 24.8 Å². The minimum Gasteiger partial charge on any atom is -0.490 e. The molecule has 1 aromatic carbocycles. The number of piperidine rings is 1. The maximum atomic E-state index is 12.1. The van der Waals surface area contributed by atoms with E-state index < -0.39 is 0 Å². The zero-order valence-corrected chi connectivity index (χ0v) is 13.8. The van der Waals surface area contributed by atoms with Gasteiger partial charge in [0.1, 0.15) is 12.4 Å². The molecule has 0 radical (unpaired) electrons. The summed E-state index contributed by atoms with van der Waals surface area (Å²) in [6, 6.07) is 7.68. The lowest BCUT2D eigenvalue weighted by Crippen LogP contribution is -2.33. The number of hydrogen-bond donors (Lipinski definition) is 0. The van der Waals surface area contributed by atoms with E-state index in [9.17, 15) is 4.79 Å². The number of aliphatic imine (C=N–C) groups is 1. The van der Waals surface area contributed by atoms with Gasteiger partial charge < -0.3 is 9.64 Å². The first-order valence-electron chi connectivity index (χ1n) is 7.87. The summed E-state index contributed by atoms with van der Waals surface area (Å²) in [6.07, 6.45) is 7.23. The number of thioether (sulfide) groups is 1. The van der Waals surface area contributed by atoms with Crippen molar-refractivity contribution in [2.75, 3.05) is 19.7 Å².